The van der Waals surface area contributed by atoms with Crippen LogP contribution in [0.1, 0.15) is 18.9 Å². The molecule has 0 saturated heterocycles. The van der Waals surface area contributed by atoms with Crippen molar-refractivity contribution in [3.63, 3.8) is 0 Å². The summed E-state index contributed by atoms with van der Waals surface area (Å²) >= 11 is 0. The third-order valence-corrected chi connectivity index (χ3v) is 5.06. The highest BCUT2D eigenvalue weighted by Gasteiger charge is 2.24. The summed E-state index contributed by atoms with van der Waals surface area (Å²) in [5, 5.41) is 0. The van der Waals surface area contributed by atoms with Gasteiger partial charge in [-0.15, -0.1) is 0 Å². The number of nitrogens with zero attached hydrogens (tertiary/aromatic N) is 2. The van der Waals surface area contributed by atoms with Gasteiger partial charge in [-0.3, -0.25) is 4.79 Å². The van der Waals surface area contributed by atoms with Crippen LogP contribution in [0, 0.1) is 0 Å². The molecule has 1 amide bonds. The van der Waals surface area contributed by atoms with Gasteiger partial charge in [-0.2, -0.15) is 4.31 Å². The standard InChI is InChI=1S/C19H24N2O3S/c1-3-14-20(25(2,23)24)16-19(22)21(18-12-8-5-9-13-18)15-17-10-6-4-7-11-17/h4-13H,3,14-16H2,1-2H3. The largest absolute Gasteiger partial charge is 0.307 e. The fraction of sp³-hybridized carbons (Fsp3) is 0.316. The first-order valence-corrected chi connectivity index (χ1v) is 10.1. The van der Waals surface area contributed by atoms with Crippen LogP contribution in [0.2, 0.25) is 0 Å². The van der Waals surface area contributed by atoms with Crippen LogP contribution in [0.3, 0.4) is 0 Å². The molecular weight excluding hydrogens is 336 g/mol. The van der Waals surface area contributed by atoms with Gasteiger partial charge in [-0.1, -0.05) is 55.5 Å². The summed E-state index contributed by atoms with van der Waals surface area (Å²) in [6.45, 7) is 2.46. The Morgan fingerprint density at radius 2 is 1.52 bits per heavy atom. The molecule has 0 bridgehead atoms. The van der Waals surface area contributed by atoms with Gasteiger partial charge in [0.25, 0.3) is 0 Å². The van der Waals surface area contributed by atoms with E-state index in [0.717, 1.165) is 17.5 Å². The van der Waals surface area contributed by atoms with Crippen LogP contribution in [0.15, 0.2) is 60.7 Å². The van der Waals surface area contributed by atoms with E-state index >= 15 is 0 Å². The van der Waals surface area contributed by atoms with Gasteiger partial charge >= 0.3 is 0 Å². The van der Waals surface area contributed by atoms with E-state index in [-0.39, 0.29) is 12.5 Å². The Bertz CT molecular complexity index is 777. The van der Waals surface area contributed by atoms with Gasteiger partial charge in [-0.05, 0) is 24.1 Å². The molecule has 5 nitrogen and oxygen atoms in total. The van der Waals surface area contributed by atoms with Crippen LogP contribution >= 0.6 is 0 Å². The Morgan fingerprint density at radius 3 is 2.04 bits per heavy atom. The van der Waals surface area contributed by atoms with Crippen molar-refractivity contribution >= 4 is 21.6 Å². The van der Waals surface area contributed by atoms with Crippen LogP contribution in [0.25, 0.3) is 0 Å². The Hall–Kier alpha value is -2.18. The Balaban J connectivity index is 2.26. The first-order chi connectivity index (χ1) is 11.9. The molecule has 2 aromatic rings. The maximum Gasteiger partial charge on any atom is 0.242 e. The molecule has 6 heteroatoms. The molecule has 0 N–H and O–H groups in total. The number of sulfonamides is 1. The Labute approximate surface area is 149 Å². The smallest absolute Gasteiger partial charge is 0.242 e. The third kappa shape index (κ3) is 5.69. The van der Waals surface area contributed by atoms with E-state index in [0.29, 0.717) is 19.5 Å². The summed E-state index contributed by atoms with van der Waals surface area (Å²) < 4.78 is 25.1. The SMILES string of the molecule is CCCN(CC(=O)N(Cc1ccccc1)c1ccccc1)S(C)(=O)=O. The van der Waals surface area contributed by atoms with Crippen LogP contribution in [-0.4, -0.2) is 38.0 Å². The van der Waals surface area contributed by atoms with Crippen molar-refractivity contribution in [1.29, 1.82) is 0 Å². The molecule has 0 aliphatic rings. The monoisotopic (exact) mass is 360 g/mol. The summed E-state index contributed by atoms with van der Waals surface area (Å²) in [6, 6.07) is 19.0. The molecular formula is C19H24N2O3S. The van der Waals surface area contributed by atoms with E-state index in [4.69, 9.17) is 0 Å². The van der Waals surface area contributed by atoms with Crippen molar-refractivity contribution in [3.8, 4) is 0 Å². The van der Waals surface area contributed by atoms with E-state index < -0.39 is 10.0 Å². The molecule has 0 aromatic heterocycles. The highest BCUT2D eigenvalue weighted by molar-refractivity contribution is 7.88. The van der Waals surface area contributed by atoms with Crippen molar-refractivity contribution in [1.82, 2.24) is 4.31 Å². The lowest BCUT2D eigenvalue weighted by molar-refractivity contribution is -0.119. The predicted octanol–water partition coefficient (Wildman–Crippen LogP) is 2.89. The molecule has 0 aliphatic heterocycles. The second-order valence-corrected chi connectivity index (χ2v) is 7.88. The molecule has 0 fully saturated rings. The van der Waals surface area contributed by atoms with Gasteiger partial charge in [0, 0.05) is 12.2 Å². The molecule has 25 heavy (non-hydrogen) atoms. The van der Waals surface area contributed by atoms with Crippen LogP contribution in [-0.2, 0) is 21.4 Å². The average Bonchev–Trinajstić information content (AvgIpc) is 2.60. The number of carbonyl (C=O) groups excluding carboxylic acids is 1. The van der Waals surface area contributed by atoms with Gasteiger partial charge in [0.2, 0.25) is 15.9 Å². The molecule has 0 saturated carbocycles. The molecule has 0 aliphatic carbocycles. The number of anilines is 1. The molecule has 2 aromatic carbocycles. The molecule has 0 spiro atoms. The topological polar surface area (TPSA) is 57.7 Å². The summed E-state index contributed by atoms with van der Waals surface area (Å²) in [4.78, 5) is 14.5. The molecule has 134 valence electrons. The maximum absolute atomic E-state index is 12.9. The number of amides is 1. The van der Waals surface area contributed by atoms with E-state index in [9.17, 15) is 13.2 Å². The van der Waals surface area contributed by atoms with E-state index in [1.54, 1.807) is 4.90 Å². The lowest BCUT2D eigenvalue weighted by atomic mass is 10.2. The van der Waals surface area contributed by atoms with Crippen molar-refractivity contribution in [2.45, 2.75) is 19.9 Å². The summed E-state index contributed by atoms with van der Waals surface area (Å²) in [7, 11) is -3.42. The zero-order chi connectivity index (χ0) is 18.3. The average molecular weight is 360 g/mol. The first kappa shape index (κ1) is 19.1. The van der Waals surface area contributed by atoms with Gasteiger partial charge in [0.1, 0.15) is 0 Å². The molecule has 0 unspecified atom stereocenters. The Kier molecular flexibility index (Phi) is 6.73. The third-order valence-electron chi connectivity index (χ3n) is 3.81. The van der Waals surface area contributed by atoms with E-state index in [2.05, 4.69) is 0 Å². The number of hydrogen-bond donors (Lipinski definition) is 0. The number of benzene rings is 2. The van der Waals surface area contributed by atoms with Gasteiger partial charge < -0.3 is 4.90 Å². The van der Waals surface area contributed by atoms with Crippen LogP contribution < -0.4 is 4.90 Å². The fourth-order valence-electron chi connectivity index (χ4n) is 2.55. The molecule has 0 atom stereocenters. The van der Waals surface area contributed by atoms with Gasteiger partial charge in [-0.25, -0.2) is 8.42 Å². The quantitative estimate of drug-likeness (QED) is 0.727. The minimum Gasteiger partial charge on any atom is -0.307 e. The molecule has 2 rings (SSSR count). The van der Waals surface area contributed by atoms with E-state index in [1.807, 2.05) is 67.6 Å². The van der Waals surface area contributed by atoms with Crippen LogP contribution in [0.4, 0.5) is 5.69 Å². The van der Waals surface area contributed by atoms with Crippen molar-refractivity contribution < 1.29 is 13.2 Å². The van der Waals surface area contributed by atoms with Gasteiger partial charge in [0.05, 0.1) is 19.3 Å². The second-order valence-electron chi connectivity index (χ2n) is 5.90. The van der Waals surface area contributed by atoms with Gasteiger partial charge in [0.15, 0.2) is 0 Å². The maximum atomic E-state index is 12.9. The summed E-state index contributed by atoms with van der Waals surface area (Å²) in [5.74, 6) is -0.242. The van der Waals surface area contributed by atoms with Crippen molar-refractivity contribution in [2.24, 2.45) is 0 Å². The normalized spacial score (nSPS) is 11.5. The number of carbonyl (C=O) groups is 1. The Morgan fingerprint density at radius 1 is 0.960 bits per heavy atom. The fourth-order valence-corrected chi connectivity index (χ4v) is 3.40. The number of rotatable bonds is 8. The lowest BCUT2D eigenvalue weighted by Crippen LogP contribution is -2.42. The minimum absolute atomic E-state index is 0.158. The van der Waals surface area contributed by atoms with Crippen LogP contribution in [0.5, 0.6) is 0 Å². The zero-order valence-electron chi connectivity index (χ0n) is 14.6. The first-order valence-electron chi connectivity index (χ1n) is 8.26. The second kappa shape index (κ2) is 8.78. The summed E-state index contributed by atoms with van der Waals surface area (Å²) in [6.07, 6.45) is 1.80. The van der Waals surface area contributed by atoms with Crippen molar-refractivity contribution in [3.05, 3.63) is 66.2 Å². The highest BCUT2D eigenvalue weighted by atomic mass is 32.2. The number of para-hydroxylation sites is 1. The summed E-state index contributed by atoms with van der Waals surface area (Å²) in [5.41, 5.74) is 1.74. The molecule has 0 heterocycles. The van der Waals surface area contributed by atoms with E-state index in [1.165, 1.54) is 4.31 Å². The predicted molar refractivity (Wildman–Crippen MR) is 101 cm³/mol. The van der Waals surface area contributed by atoms with Crippen molar-refractivity contribution in [2.75, 3.05) is 24.2 Å². The number of hydrogen-bond acceptors (Lipinski definition) is 3. The highest BCUT2D eigenvalue weighted by Crippen LogP contribution is 2.18. The zero-order valence-corrected chi connectivity index (χ0v) is 15.4. The lowest BCUT2D eigenvalue weighted by Gasteiger charge is -2.26. The minimum atomic E-state index is -3.42. The molecule has 0 radical (unpaired) electrons.